The van der Waals surface area contributed by atoms with Crippen LogP contribution in [0.2, 0.25) is 0 Å². The van der Waals surface area contributed by atoms with Crippen molar-refractivity contribution >= 4 is 22.9 Å². The van der Waals surface area contributed by atoms with Gasteiger partial charge in [0.05, 0.1) is 11.7 Å². The van der Waals surface area contributed by atoms with E-state index in [9.17, 15) is 9.59 Å². The summed E-state index contributed by atoms with van der Waals surface area (Å²) in [4.78, 5) is 30.6. The second-order valence-electron chi connectivity index (χ2n) is 9.49. The van der Waals surface area contributed by atoms with Gasteiger partial charge in [0.2, 0.25) is 5.91 Å². The van der Waals surface area contributed by atoms with Gasteiger partial charge in [-0.3, -0.25) is 9.89 Å². The molecular weight excluding hydrogens is 442 g/mol. The largest absolute Gasteiger partial charge is 0.445 e. The summed E-state index contributed by atoms with van der Waals surface area (Å²) >= 11 is 0. The molecule has 1 atom stereocenters. The molecule has 0 radical (unpaired) electrons. The number of hydrogen-bond acceptors (Lipinski definition) is 5. The fourth-order valence-corrected chi connectivity index (χ4v) is 5.13. The van der Waals surface area contributed by atoms with Crippen LogP contribution < -0.4 is 5.32 Å². The van der Waals surface area contributed by atoms with Gasteiger partial charge < -0.3 is 19.9 Å². The predicted molar refractivity (Wildman–Crippen MR) is 134 cm³/mol. The first-order chi connectivity index (χ1) is 17.2. The highest BCUT2D eigenvalue weighted by Crippen LogP contribution is 2.27. The second-order valence-corrected chi connectivity index (χ2v) is 9.49. The van der Waals surface area contributed by atoms with Gasteiger partial charge in [-0.25, -0.2) is 4.79 Å². The maximum atomic E-state index is 13.7. The smallest absolute Gasteiger partial charge is 0.408 e. The second kappa shape index (κ2) is 10.9. The Balaban J connectivity index is 1.32. The summed E-state index contributed by atoms with van der Waals surface area (Å²) < 4.78 is 5.42. The van der Waals surface area contributed by atoms with Crippen LogP contribution in [-0.4, -0.2) is 64.2 Å². The van der Waals surface area contributed by atoms with E-state index in [-0.39, 0.29) is 12.5 Å². The van der Waals surface area contributed by atoms with E-state index in [1.54, 1.807) is 0 Å². The summed E-state index contributed by atoms with van der Waals surface area (Å²) in [6, 6.07) is 13.1. The Morgan fingerprint density at radius 2 is 1.91 bits per heavy atom. The van der Waals surface area contributed by atoms with E-state index in [2.05, 4.69) is 26.5 Å². The summed E-state index contributed by atoms with van der Waals surface area (Å²) in [6.45, 7) is 4.32. The lowest BCUT2D eigenvalue weighted by Gasteiger charge is -2.34. The van der Waals surface area contributed by atoms with Crippen molar-refractivity contribution in [3.63, 3.8) is 0 Å². The lowest BCUT2D eigenvalue weighted by Crippen LogP contribution is -2.51. The number of hydrogen-bond donors (Lipinski definition) is 2. The zero-order chi connectivity index (χ0) is 24.0. The molecule has 8 nitrogen and oxygen atoms in total. The Morgan fingerprint density at radius 1 is 1.09 bits per heavy atom. The molecule has 1 fully saturated rings. The zero-order valence-electron chi connectivity index (χ0n) is 20.0. The van der Waals surface area contributed by atoms with Crippen LogP contribution in [0, 0.1) is 0 Å². The molecule has 0 spiro atoms. The van der Waals surface area contributed by atoms with Gasteiger partial charge >= 0.3 is 6.09 Å². The maximum Gasteiger partial charge on any atom is 0.408 e. The number of aromatic amines is 1. The van der Waals surface area contributed by atoms with Crippen molar-refractivity contribution in [3.8, 4) is 0 Å². The van der Waals surface area contributed by atoms with Crippen LogP contribution in [0.25, 0.3) is 10.9 Å². The fraction of sp³-hybridized carbons (Fsp3) is 0.444. The number of H-pyrrole nitrogens is 1. The molecule has 184 valence electrons. The van der Waals surface area contributed by atoms with E-state index in [0.29, 0.717) is 25.9 Å². The topological polar surface area (TPSA) is 90.6 Å². The van der Waals surface area contributed by atoms with Crippen LogP contribution >= 0.6 is 0 Å². The molecule has 2 aliphatic rings. The molecule has 0 unspecified atom stereocenters. The first kappa shape index (κ1) is 23.4. The molecule has 2 aromatic carbocycles. The monoisotopic (exact) mass is 475 g/mol. The van der Waals surface area contributed by atoms with Crippen molar-refractivity contribution in [1.82, 2.24) is 25.3 Å². The number of amides is 2. The standard InChI is InChI=1S/C27H33N5O3/c33-26-25(29-27(34)35-19-20-7-3-1-4-8-20)12-10-21-9-11-24-22(17-28-30-24)23(21)18-32(26)16-15-31-13-5-2-6-14-31/h1,3-4,7-9,11,17,25H,2,5-6,10,12-16,18-19H2,(H,28,30)(H,29,34)/t25-/m1/s1. The molecule has 0 saturated carbocycles. The van der Waals surface area contributed by atoms with Gasteiger partial charge in [-0.2, -0.15) is 5.10 Å². The number of likely N-dealkylation sites (tertiary alicyclic amines) is 1. The van der Waals surface area contributed by atoms with E-state index < -0.39 is 12.1 Å². The Kier molecular flexibility index (Phi) is 7.28. The van der Waals surface area contributed by atoms with Crippen LogP contribution in [0.4, 0.5) is 4.79 Å². The number of alkyl carbamates (subject to hydrolysis) is 1. The van der Waals surface area contributed by atoms with Gasteiger partial charge in [0, 0.05) is 25.0 Å². The molecule has 35 heavy (non-hydrogen) atoms. The first-order valence-corrected chi connectivity index (χ1v) is 12.6. The molecule has 2 amide bonds. The minimum Gasteiger partial charge on any atom is -0.445 e. The number of fused-ring (bicyclic) bond motifs is 3. The molecule has 1 saturated heterocycles. The molecule has 3 heterocycles. The minimum absolute atomic E-state index is 0.0511. The van der Waals surface area contributed by atoms with Crippen LogP contribution in [0.1, 0.15) is 42.4 Å². The predicted octanol–water partition coefficient (Wildman–Crippen LogP) is 3.62. The molecule has 0 aliphatic carbocycles. The fourth-order valence-electron chi connectivity index (χ4n) is 5.13. The Bertz CT molecular complexity index is 1160. The number of piperidine rings is 1. The van der Waals surface area contributed by atoms with Crippen molar-refractivity contribution in [2.75, 3.05) is 26.2 Å². The molecule has 5 rings (SSSR count). The molecule has 2 N–H and O–H groups in total. The number of aryl methyl sites for hydroxylation is 1. The lowest BCUT2D eigenvalue weighted by molar-refractivity contribution is -0.134. The van der Waals surface area contributed by atoms with Crippen molar-refractivity contribution in [3.05, 3.63) is 65.4 Å². The van der Waals surface area contributed by atoms with Crippen LogP contribution in [0.3, 0.4) is 0 Å². The molecular formula is C27H33N5O3. The number of carbonyl (C=O) groups excluding carboxylic acids is 2. The number of aromatic nitrogens is 2. The molecule has 1 aromatic heterocycles. The van der Waals surface area contributed by atoms with E-state index in [1.165, 1.54) is 24.8 Å². The third-order valence-electron chi connectivity index (χ3n) is 7.13. The number of benzene rings is 2. The molecule has 3 aromatic rings. The number of rotatable bonds is 6. The number of carbonyl (C=O) groups is 2. The van der Waals surface area contributed by atoms with Gasteiger partial charge in [-0.15, -0.1) is 0 Å². The van der Waals surface area contributed by atoms with Crippen LogP contribution in [-0.2, 0) is 29.1 Å². The van der Waals surface area contributed by atoms with E-state index >= 15 is 0 Å². The highest BCUT2D eigenvalue weighted by Gasteiger charge is 2.30. The van der Waals surface area contributed by atoms with Gasteiger partial charge in [-0.1, -0.05) is 42.8 Å². The summed E-state index contributed by atoms with van der Waals surface area (Å²) in [5.74, 6) is -0.0511. The first-order valence-electron chi connectivity index (χ1n) is 12.6. The number of nitrogens with zero attached hydrogens (tertiary/aromatic N) is 3. The number of nitrogens with one attached hydrogen (secondary N) is 2. The van der Waals surface area contributed by atoms with Gasteiger partial charge in [0.1, 0.15) is 12.6 Å². The maximum absolute atomic E-state index is 13.7. The SMILES string of the molecule is O=C(N[C@@H]1CCc2ccc3[nH]ncc3c2CN(CCN2CCCCC2)C1=O)OCc1ccccc1. The minimum atomic E-state index is -0.618. The van der Waals surface area contributed by atoms with Gasteiger partial charge in [0.15, 0.2) is 0 Å². The summed E-state index contributed by atoms with van der Waals surface area (Å²) in [5, 5.41) is 11.2. The highest BCUT2D eigenvalue weighted by atomic mass is 16.5. The quantitative estimate of drug-likeness (QED) is 0.568. The lowest BCUT2D eigenvalue weighted by atomic mass is 9.94. The summed E-state index contributed by atoms with van der Waals surface area (Å²) in [6.07, 6.45) is 6.21. The van der Waals surface area contributed by atoms with E-state index in [0.717, 1.165) is 41.7 Å². The average molecular weight is 476 g/mol. The van der Waals surface area contributed by atoms with Gasteiger partial charge in [0.25, 0.3) is 0 Å². The van der Waals surface area contributed by atoms with Crippen molar-refractivity contribution in [2.45, 2.75) is 51.3 Å². The van der Waals surface area contributed by atoms with Crippen molar-refractivity contribution in [1.29, 1.82) is 0 Å². The van der Waals surface area contributed by atoms with Crippen molar-refractivity contribution < 1.29 is 14.3 Å². The average Bonchev–Trinajstić information content (AvgIpc) is 3.37. The number of ether oxygens (including phenoxy) is 1. The molecule has 8 heteroatoms. The van der Waals surface area contributed by atoms with Crippen molar-refractivity contribution in [2.24, 2.45) is 0 Å². The molecule has 0 bridgehead atoms. The van der Waals surface area contributed by atoms with E-state index in [1.807, 2.05) is 47.5 Å². The highest BCUT2D eigenvalue weighted by molar-refractivity contribution is 5.88. The third kappa shape index (κ3) is 5.65. The summed E-state index contributed by atoms with van der Waals surface area (Å²) in [7, 11) is 0. The molecule has 2 aliphatic heterocycles. The zero-order valence-corrected chi connectivity index (χ0v) is 20.0. The normalized spacial score (nSPS) is 19.1. The van der Waals surface area contributed by atoms with E-state index in [4.69, 9.17) is 4.74 Å². The summed E-state index contributed by atoms with van der Waals surface area (Å²) in [5.41, 5.74) is 4.23. The van der Waals surface area contributed by atoms with Gasteiger partial charge in [-0.05, 0) is 61.5 Å². The van der Waals surface area contributed by atoms with Crippen LogP contribution in [0.15, 0.2) is 48.7 Å². The Hall–Kier alpha value is -3.39. The van der Waals surface area contributed by atoms with Crippen LogP contribution in [0.5, 0.6) is 0 Å². The third-order valence-corrected chi connectivity index (χ3v) is 7.13. The Morgan fingerprint density at radius 3 is 2.74 bits per heavy atom. The Labute approximate surface area is 205 Å².